The maximum absolute atomic E-state index is 11.7. The van der Waals surface area contributed by atoms with Gasteiger partial charge in [-0.15, -0.1) is 0 Å². The number of aromatic nitrogens is 2. The van der Waals surface area contributed by atoms with Crippen LogP contribution in [0.25, 0.3) is 5.69 Å². The third kappa shape index (κ3) is 2.34. The number of rotatable bonds is 3. The molecule has 0 saturated heterocycles. The molecule has 0 N–H and O–H groups in total. The summed E-state index contributed by atoms with van der Waals surface area (Å²) in [5, 5.41) is 0. The molecule has 0 radical (unpaired) electrons. The number of benzene rings is 1. The second-order valence-corrected chi connectivity index (χ2v) is 3.98. The molecule has 0 saturated carbocycles. The fourth-order valence-electron chi connectivity index (χ4n) is 1.67. The van der Waals surface area contributed by atoms with Gasteiger partial charge in [0.1, 0.15) is 0 Å². The zero-order chi connectivity index (χ0) is 13.1. The van der Waals surface area contributed by atoms with Gasteiger partial charge in [0.15, 0.2) is 0 Å². The van der Waals surface area contributed by atoms with Crippen molar-refractivity contribution in [2.75, 3.05) is 7.11 Å². The normalized spacial score (nSPS) is 10.3. The molecule has 0 unspecified atom stereocenters. The monoisotopic (exact) mass is 246 g/mol. The highest BCUT2D eigenvalue weighted by Crippen LogP contribution is 2.08. The summed E-state index contributed by atoms with van der Waals surface area (Å²) in [7, 11) is 3.06. The maximum Gasteiger partial charge on any atom is 0.332 e. The second-order valence-electron chi connectivity index (χ2n) is 3.98. The number of hydrogen-bond acceptors (Lipinski definition) is 3. The summed E-state index contributed by atoms with van der Waals surface area (Å²) in [6, 6.07) is 7.23. The smallest absolute Gasteiger partial charge is 0.332 e. The average Bonchev–Trinajstić information content (AvgIpc) is 2.71. The van der Waals surface area contributed by atoms with Crippen LogP contribution in [0.1, 0.15) is 5.56 Å². The minimum absolute atomic E-state index is 0.101. The molecular formula is C13H14N2O3. The number of nitrogens with zero attached hydrogens (tertiary/aromatic N) is 2. The number of carbonyl (C=O) groups is 1. The van der Waals surface area contributed by atoms with E-state index in [4.69, 9.17) is 0 Å². The average molecular weight is 246 g/mol. The predicted octanol–water partition coefficient (Wildman–Crippen LogP) is 0.891. The van der Waals surface area contributed by atoms with Gasteiger partial charge < -0.3 is 9.30 Å². The second kappa shape index (κ2) is 4.91. The van der Waals surface area contributed by atoms with Gasteiger partial charge in [0.2, 0.25) is 0 Å². The van der Waals surface area contributed by atoms with Gasteiger partial charge in [-0.3, -0.25) is 9.36 Å². The van der Waals surface area contributed by atoms with Crippen LogP contribution in [0.2, 0.25) is 0 Å². The zero-order valence-electron chi connectivity index (χ0n) is 10.3. The van der Waals surface area contributed by atoms with Crippen molar-refractivity contribution in [1.29, 1.82) is 0 Å². The Labute approximate surface area is 104 Å². The van der Waals surface area contributed by atoms with E-state index >= 15 is 0 Å². The van der Waals surface area contributed by atoms with Gasteiger partial charge in [-0.2, -0.15) is 0 Å². The highest BCUT2D eigenvalue weighted by Gasteiger charge is 2.05. The molecule has 0 amide bonds. The third-order valence-corrected chi connectivity index (χ3v) is 2.74. The molecule has 0 atom stereocenters. The molecular weight excluding hydrogens is 232 g/mol. The lowest BCUT2D eigenvalue weighted by Gasteiger charge is -2.03. The molecule has 5 heteroatoms. The van der Waals surface area contributed by atoms with E-state index in [0.717, 1.165) is 11.3 Å². The summed E-state index contributed by atoms with van der Waals surface area (Å²) < 4.78 is 7.64. The van der Waals surface area contributed by atoms with E-state index in [0.29, 0.717) is 0 Å². The van der Waals surface area contributed by atoms with Crippen LogP contribution < -0.4 is 5.69 Å². The molecule has 0 aliphatic rings. The van der Waals surface area contributed by atoms with Gasteiger partial charge in [0.05, 0.1) is 19.2 Å². The number of aryl methyl sites for hydroxylation is 1. The Balaban J connectivity index is 2.25. The topological polar surface area (TPSA) is 53.2 Å². The van der Waals surface area contributed by atoms with Crippen LogP contribution >= 0.6 is 0 Å². The number of imidazole rings is 1. The summed E-state index contributed by atoms with van der Waals surface area (Å²) in [6.45, 7) is 0. The molecule has 0 aliphatic heterocycles. The van der Waals surface area contributed by atoms with Crippen LogP contribution in [0, 0.1) is 0 Å². The van der Waals surface area contributed by atoms with Crippen molar-refractivity contribution in [3.05, 3.63) is 52.7 Å². The van der Waals surface area contributed by atoms with Crippen molar-refractivity contribution in [2.24, 2.45) is 7.05 Å². The Morgan fingerprint density at radius 2 is 1.89 bits per heavy atom. The summed E-state index contributed by atoms with van der Waals surface area (Å²) in [4.78, 5) is 22.8. The SMILES string of the molecule is COC(=O)Cc1ccc(-n2ccn(C)c2=O)cc1. The molecule has 94 valence electrons. The highest BCUT2D eigenvalue weighted by atomic mass is 16.5. The first kappa shape index (κ1) is 12.2. The van der Waals surface area contributed by atoms with E-state index in [1.807, 2.05) is 12.1 Å². The van der Waals surface area contributed by atoms with Crippen molar-refractivity contribution in [2.45, 2.75) is 6.42 Å². The Morgan fingerprint density at radius 3 is 2.39 bits per heavy atom. The minimum Gasteiger partial charge on any atom is -0.469 e. The first-order chi connectivity index (χ1) is 8.61. The molecule has 1 aromatic carbocycles. The molecule has 5 nitrogen and oxygen atoms in total. The lowest BCUT2D eigenvalue weighted by atomic mass is 10.1. The summed E-state index contributed by atoms with van der Waals surface area (Å²) >= 11 is 0. The number of methoxy groups -OCH3 is 1. The third-order valence-electron chi connectivity index (χ3n) is 2.74. The van der Waals surface area contributed by atoms with Crippen LogP contribution in [0.15, 0.2) is 41.5 Å². The number of esters is 1. The van der Waals surface area contributed by atoms with Crippen molar-refractivity contribution in [1.82, 2.24) is 9.13 Å². The molecule has 18 heavy (non-hydrogen) atoms. The van der Waals surface area contributed by atoms with E-state index in [1.165, 1.54) is 11.7 Å². The molecule has 0 fully saturated rings. The van der Waals surface area contributed by atoms with Crippen molar-refractivity contribution < 1.29 is 9.53 Å². The van der Waals surface area contributed by atoms with E-state index < -0.39 is 0 Å². The first-order valence-corrected chi connectivity index (χ1v) is 5.52. The van der Waals surface area contributed by atoms with Gasteiger partial charge in [0, 0.05) is 19.4 Å². The fraction of sp³-hybridized carbons (Fsp3) is 0.231. The Morgan fingerprint density at radius 1 is 1.22 bits per heavy atom. The van der Waals surface area contributed by atoms with E-state index in [-0.39, 0.29) is 18.1 Å². The molecule has 2 rings (SSSR count). The number of ether oxygens (including phenoxy) is 1. The van der Waals surface area contributed by atoms with E-state index in [1.54, 1.807) is 36.1 Å². The zero-order valence-corrected chi connectivity index (χ0v) is 10.3. The van der Waals surface area contributed by atoms with Gasteiger partial charge in [0.25, 0.3) is 0 Å². The predicted molar refractivity (Wildman–Crippen MR) is 66.7 cm³/mol. The molecule has 1 aromatic heterocycles. The van der Waals surface area contributed by atoms with Crippen molar-refractivity contribution >= 4 is 5.97 Å². The van der Waals surface area contributed by atoms with Gasteiger partial charge in [-0.25, -0.2) is 4.79 Å². The van der Waals surface area contributed by atoms with Crippen molar-refractivity contribution in [3.63, 3.8) is 0 Å². The quantitative estimate of drug-likeness (QED) is 0.756. The van der Waals surface area contributed by atoms with Crippen LogP contribution in [0.4, 0.5) is 0 Å². The lowest BCUT2D eigenvalue weighted by molar-refractivity contribution is -0.139. The molecule has 0 aliphatic carbocycles. The van der Waals surface area contributed by atoms with Crippen LogP contribution in [-0.4, -0.2) is 22.2 Å². The van der Waals surface area contributed by atoms with Crippen LogP contribution in [-0.2, 0) is 23.0 Å². The number of carbonyl (C=O) groups excluding carboxylic acids is 1. The maximum atomic E-state index is 11.7. The standard InChI is InChI=1S/C13H14N2O3/c1-14-7-8-15(13(14)17)11-5-3-10(4-6-11)9-12(16)18-2/h3-8H,9H2,1-2H3. The number of hydrogen-bond donors (Lipinski definition) is 0. The molecule has 0 bridgehead atoms. The highest BCUT2D eigenvalue weighted by molar-refractivity contribution is 5.72. The summed E-state index contributed by atoms with van der Waals surface area (Å²) in [6.07, 6.45) is 3.64. The van der Waals surface area contributed by atoms with Gasteiger partial charge in [-0.05, 0) is 17.7 Å². The van der Waals surface area contributed by atoms with E-state index in [2.05, 4.69) is 4.74 Å². The first-order valence-electron chi connectivity index (χ1n) is 5.52. The van der Waals surface area contributed by atoms with Crippen molar-refractivity contribution in [3.8, 4) is 5.69 Å². The largest absolute Gasteiger partial charge is 0.469 e. The van der Waals surface area contributed by atoms with Crippen LogP contribution in [0.3, 0.4) is 0 Å². The lowest BCUT2D eigenvalue weighted by Crippen LogP contribution is -2.20. The molecule has 1 heterocycles. The molecule has 0 spiro atoms. The van der Waals surface area contributed by atoms with E-state index in [9.17, 15) is 9.59 Å². The Kier molecular flexibility index (Phi) is 3.32. The van der Waals surface area contributed by atoms with Gasteiger partial charge in [-0.1, -0.05) is 12.1 Å². The minimum atomic E-state index is -0.278. The Bertz CT molecular complexity index is 608. The summed E-state index contributed by atoms with van der Waals surface area (Å²) in [5.41, 5.74) is 1.53. The summed E-state index contributed by atoms with van der Waals surface area (Å²) in [5.74, 6) is -0.278. The fourth-order valence-corrected chi connectivity index (χ4v) is 1.67. The molecule has 2 aromatic rings. The Hall–Kier alpha value is -2.30. The van der Waals surface area contributed by atoms with Crippen LogP contribution in [0.5, 0.6) is 0 Å². The van der Waals surface area contributed by atoms with Gasteiger partial charge >= 0.3 is 11.7 Å².